The molecule has 1 aliphatic carbocycles. The Morgan fingerprint density at radius 3 is 2.21 bits per heavy atom. The van der Waals surface area contributed by atoms with Gasteiger partial charge in [0.25, 0.3) is 11.8 Å². The second kappa shape index (κ2) is 7.73. The standard InChI is InChI=1S/C19H21N3O2/c23-18(20-14-8-3-1-4-9-14)16-12-7-13-17(22-16)19(24)21-15-10-5-2-6-11-15/h1,3-4,7-9,12-13,15H,2,5-6,10-11H2,(H,20,23)(H,21,24). The topological polar surface area (TPSA) is 71.1 Å². The molecule has 0 bridgehead atoms. The van der Waals surface area contributed by atoms with Crippen molar-refractivity contribution in [3.63, 3.8) is 0 Å². The van der Waals surface area contributed by atoms with Gasteiger partial charge in [-0.3, -0.25) is 9.59 Å². The first-order valence-corrected chi connectivity index (χ1v) is 8.37. The zero-order chi connectivity index (χ0) is 16.8. The number of hydrogen-bond acceptors (Lipinski definition) is 3. The van der Waals surface area contributed by atoms with Gasteiger partial charge in [-0.25, -0.2) is 4.98 Å². The number of hydrogen-bond donors (Lipinski definition) is 2. The van der Waals surface area contributed by atoms with E-state index in [9.17, 15) is 9.59 Å². The highest BCUT2D eigenvalue weighted by molar-refractivity contribution is 6.03. The fourth-order valence-electron chi connectivity index (χ4n) is 2.91. The predicted octanol–water partition coefficient (Wildman–Crippen LogP) is 3.40. The average Bonchev–Trinajstić information content (AvgIpc) is 2.63. The Morgan fingerprint density at radius 1 is 0.833 bits per heavy atom. The van der Waals surface area contributed by atoms with Gasteiger partial charge in [0.1, 0.15) is 11.4 Å². The number of pyridine rings is 1. The van der Waals surface area contributed by atoms with Gasteiger partial charge in [-0.2, -0.15) is 0 Å². The molecule has 2 amide bonds. The maximum atomic E-state index is 12.3. The Balaban J connectivity index is 1.66. The summed E-state index contributed by atoms with van der Waals surface area (Å²) in [7, 11) is 0. The summed E-state index contributed by atoms with van der Waals surface area (Å²) in [6.07, 6.45) is 5.56. The van der Waals surface area contributed by atoms with Gasteiger partial charge in [-0.1, -0.05) is 43.5 Å². The summed E-state index contributed by atoms with van der Waals surface area (Å²) in [6.45, 7) is 0. The molecule has 1 aliphatic rings. The number of carbonyl (C=O) groups excluding carboxylic acids is 2. The van der Waals surface area contributed by atoms with Gasteiger partial charge in [-0.05, 0) is 37.1 Å². The summed E-state index contributed by atoms with van der Waals surface area (Å²) in [5.74, 6) is -0.537. The number of nitrogens with one attached hydrogen (secondary N) is 2. The number of anilines is 1. The first-order chi connectivity index (χ1) is 11.7. The molecule has 3 rings (SSSR count). The van der Waals surface area contributed by atoms with Crippen molar-refractivity contribution >= 4 is 17.5 Å². The average molecular weight is 323 g/mol. The SMILES string of the molecule is O=C(Nc1ccccc1)c1cccc(C(=O)NC2CCCCC2)n1. The Hall–Kier alpha value is -2.69. The van der Waals surface area contributed by atoms with E-state index in [1.54, 1.807) is 30.3 Å². The Morgan fingerprint density at radius 2 is 1.50 bits per heavy atom. The molecule has 0 saturated heterocycles. The van der Waals surface area contributed by atoms with Gasteiger partial charge in [-0.15, -0.1) is 0 Å². The number of benzene rings is 1. The summed E-state index contributed by atoms with van der Waals surface area (Å²) >= 11 is 0. The Labute approximate surface area is 141 Å². The van der Waals surface area contributed by atoms with Gasteiger partial charge >= 0.3 is 0 Å². The van der Waals surface area contributed by atoms with Crippen molar-refractivity contribution in [1.29, 1.82) is 0 Å². The van der Waals surface area contributed by atoms with Crippen LogP contribution in [-0.4, -0.2) is 22.8 Å². The number of para-hydroxylation sites is 1. The number of carbonyl (C=O) groups is 2. The van der Waals surface area contributed by atoms with Gasteiger partial charge in [0.2, 0.25) is 0 Å². The maximum Gasteiger partial charge on any atom is 0.274 e. The third-order valence-electron chi connectivity index (χ3n) is 4.19. The van der Waals surface area contributed by atoms with E-state index in [-0.39, 0.29) is 29.2 Å². The van der Waals surface area contributed by atoms with Gasteiger partial charge in [0.05, 0.1) is 0 Å². The molecule has 1 fully saturated rings. The maximum absolute atomic E-state index is 12.3. The molecule has 0 aliphatic heterocycles. The molecule has 2 N–H and O–H groups in total. The zero-order valence-corrected chi connectivity index (χ0v) is 13.5. The van der Waals surface area contributed by atoms with Crippen LogP contribution in [0.25, 0.3) is 0 Å². The van der Waals surface area contributed by atoms with Crippen molar-refractivity contribution < 1.29 is 9.59 Å². The summed E-state index contributed by atoms with van der Waals surface area (Å²) in [5.41, 5.74) is 1.21. The van der Waals surface area contributed by atoms with E-state index in [0.717, 1.165) is 25.7 Å². The predicted molar refractivity (Wildman–Crippen MR) is 93.0 cm³/mol. The molecule has 0 spiro atoms. The molecule has 0 atom stereocenters. The molecule has 24 heavy (non-hydrogen) atoms. The highest BCUT2D eigenvalue weighted by atomic mass is 16.2. The minimum atomic E-state index is -0.325. The molecule has 1 aromatic heterocycles. The lowest BCUT2D eigenvalue weighted by molar-refractivity contribution is 0.0922. The van der Waals surface area contributed by atoms with Crippen LogP contribution in [0.3, 0.4) is 0 Å². The van der Waals surface area contributed by atoms with E-state index >= 15 is 0 Å². The molecule has 1 saturated carbocycles. The van der Waals surface area contributed by atoms with Crippen LogP contribution in [0, 0.1) is 0 Å². The van der Waals surface area contributed by atoms with Crippen LogP contribution in [0.1, 0.15) is 53.1 Å². The van der Waals surface area contributed by atoms with Crippen molar-refractivity contribution in [1.82, 2.24) is 10.3 Å². The van der Waals surface area contributed by atoms with E-state index in [1.807, 2.05) is 18.2 Å². The summed E-state index contributed by atoms with van der Waals surface area (Å²) in [5, 5.41) is 5.79. The third-order valence-corrected chi connectivity index (χ3v) is 4.19. The van der Waals surface area contributed by atoms with Crippen LogP contribution in [0.4, 0.5) is 5.69 Å². The van der Waals surface area contributed by atoms with Gasteiger partial charge in [0, 0.05) is 11.7 Å². The van der Waals surface area contributed by atoms with Crippen molar-refractivity contribution in [3.8, 4) is 0 Å². The molecule has 5 heteroatoms. The molecule has 1 aromatic carbocycles. The monoisotopic (exact) mass is 323 g/mol. The fraction of sp³-hybridized carbons (Fsp3) is 0.316. The highest BCUT2D eigenvalue weighted by Crippen LogP contribution is 2.17. The molecular weight excluding hydrogens is 302 g/mol. The molecular formula is C19H21N3O2. The number of nitrogens with zero attached hydrogens (tertiary/aromatic N) is 1. The van der Waals surface area contributed by atoms with Crippen molar-refractivity contribution in [2.24, 2.45) is 0 Å². The number of amides is 2. The highest BCUT2D eigenvalue weighted by Gasteiger charge is 2.18. The third kappa shape index (κ3) is 4.19. The second-order valence-electron chi connectivity index (χ2n) is 6.04. The van der Waals surface area contributed by atoms with E-state index in [0.29, 0.717) is 5.69 Å². The lowest BCUT2D eigenvalue weighted by atomic mass is 9.95. The smallest absolute Gasteiger partial charge is 0.274 e. The zero-order valence-electron chi connectivity index (χ0n) is 13.5. The van der Waals surface area contributed by atoms with Crippen molar-refractivity contribution in [3.05, 3.63) is 59.9 Å². The first-order valence-electron chi connectivity index (χ1n) is 8.37. The largest absolute Gasteiger partial charge is 0.348 e. The normalized spacial score (nSPS) is 14.8. The quantitative estimate of drug-likeness (QED) is 0.906. The minimum absolute atomic E-state index is 0.212. The molecule has 124 valence electrons. The Bertz CT molecular complexity index is 710. The lowest BCUT2D eigenvalue weighted by Crippen LogP contribution is -2.36. The molecule has 0 radical (unpaired) electrons. The van der Waals surface area contributed by atoms with E-state index in [4.69, 9.17) is 0 Å². The summed E-state index contributed by atoms with van der Waals surface area (Å²) < 4.78 is 0. The summed E-state index contributed by atoms with van der Waals surface area (Å²) in [4.78, 5) is 28.8. The van der Waals surface area contributed by atoms with E-state index in [1.165, 1.54) is 6.42 Å². The number of aromatic nitrogens is 1. The van der Waals surface area contributed by atoms with Crippen molar-refractivity contribution in [2.45, 2.75) is 38.1 Å². The molecule has 5 nitrogen and oxygen atoms in total. The van der Waals surface area contributed by atoms with Gasteiger partial charge in [0.15, 0.2) is 0 Å². The fourth-order valence-corrected chi connectivity index (χ4v) is 2.91. The van der Waals surface area contributed by atoms with Gasteiger partial charge < -0.3 is 10.6 Å². The first kappa shape index (κ1) is 16.2. The molecule has 2 aromatic rings. The van der Waals surface area contributed by atoms with Crippen LogP contribution in [0.5, 0.6) is 0 Å². The summed E-state index contributed by atoms with van der Waals surface area (Å²) in [6, 6.07) is 14.3. The number of rotatable bonds is 4. The van der Waals surface area contributed by atoms with Crippen LogP contribution in [0.15, 0.2) is 48.5 Å². The van der Waals surface area contributed by atoms with Crippen molar-refractivity contribution in [2.75, 3.05) is 5.32 Å². The second-order valence-corrected chi connectivity index (χ2v) is 6.04. The minimum Gasteiger partial charge on any atom is -0.348 e. The lowest BCUT2D eigenvalue weighted by Gasteiger charge is -2.22. The van der Waals surface area contributed by atoms with Crippen LogP contribution in [0.2, 0.25) is 0 Å². The molecule has 1 heterocycles. The Kier molecular flexibility index (Phi) is 5.21. The van der Waals surface area contributed by atoms with Crippen LogP contribution < -0.4 is 10.6 Å². The van der Waals surface area contributed by atoms with E-state index in [2.05, 4.69) is 15.6 Å². The van der Waals surface area contributed by atoms with Crippen LogP contribution >= 0.6 is 0 Å². The van der Waals surface area contributed by atoms with E-state index < -0.39 is 0 Å². The molecule has 0 unspecified atom stereocenters. The van der Waals surface area contributed by atoms with Crippen LogP contribution in [-0.2, 0) is 0 Å².